The molecule has 2 aromatic carbocycles. The number of thiazole rings is 1. The first kappa shape index (κ1) is 29.1. The summed E-state index contributed by atoms with van der Waals surface area (Å²) in [5, 5.41) is 13.0. The summed E-state index contributed by atoms with van der Waals surface area (Å²) in [6.45, 7) is 14.7. The number of allylic oxidation sites excluding steroid dienone is 3. The molecule has 0 spiro atoms. The summed E-state index contributed by atoms with van der Waals surface area (Å²) < 4.78 is -0.918. The van der Waals surface area contributed by atoms with Crippen LogP contribution in [0.5, 0.6) is 0 Å². The van der Waals surface area contributed by atoms with Gasteiger partial charge in [-0.2, -0.15) is 0 Å². The zero-order valence-corrected chi connectivity index (χ0v) is 23.3. The lowest BCUT2D eigenvalue weighted by Gasteiger charge is -2.18. The topological polar surface area (TPSA) is 79.3 Å². The van der Waals surface area contributed by atoms with Crippen LogP contribution in [0.3, 0.4) is 0 Å². The van der Waals surface area contributed by atoms with Crippen LogP contribution in [0, 0.1) is 0 Å². The molecule has 0 saturated heterocycles. The molecule has 0 saturated carbocycles. The first-order chi connectivity index (χ1) is 16.9. The van der Waals surface area contributed by atoms with Crippen molar-refractivity contribution >= 4 is 35.0 Å². The van der Waals surface area contributed by atoms with Crippen LogP contribution in [-0.4, -0.2) is 26.7 Å². The normalized spacial score (nSPS) is 11.3. The molecule has 5 nitrogen and oxygen atoms in total. The van der Waals surface area contributed by atoms with Crippen molar-refractivity contribution in [3.63, 3.8) is 0 Å². The molecule has 0 atom stereocenters. The van der Waals surface area contributed by atoms with Crippen LogP contribution in [0.2, 0.25) is 0 Å². The van der Waals surface area contributed by atoms with Crippen molar-refractivity contribution in [1.29, 1.82) is 0 Å². The van der Waals surface area contributed by atoms with E-state index in [-0.39, 0.29) is 5.91 Å². The average molecular weight is 523 g/mol. The SMILES string of the molecule is C=C(C)C.CC/C=C(\C)NC(=O)c1nc(-c2ccc(SC(C)(C)C(=O)O)cc2)sc1-c1ccccc1. The van der Waals surface area contributed by atoms with Crippen LogP contribution < -0.4 is 5.32 Å². The fourth-order valence-electron chi connectivity index (χ4n) is 2.98. The van der Waals surface area contributed by atoms with Crippen LogP contribution in [-0.2, 0) is 4.79 Å². The maximum Gasteiger partial charge on any atom is 0.319 e. The van der Waals surface area contributed by atoms with Gasteiger partial charge in [0.15, 0.2) is 0 Å². The molecule has 0 aliphatic heterocycles. The summed E-state index contributed by atoms with van der Waals surface area (Å²) in [4.78, 5) is 30.7. The smallest absolute Gasteiger partial charge is 0.319 e. The van der Waals surface area contributed by atoms with Gasteiger partial charge in [-0.3, -0.25) is 9.59 Å². The molecule has 190 valence electrons. The van der Waals surface area contributed by atoms with Gasteiger partial charge in [0.05, 0.1) is 4.88 Å². The second-order valence-electron chi connectivity index (χ2n) is 8.96. The molecule has 0 unspecified atom stereocenters. The van der Waals surface area contributed by atoms with Gasteiger partial charge >= 0.3 is 5.97 Å². The van der Waals surface area contributed by atoms with E-state index in [4.69, 9.17) is 0 Å². The molecule has 0 aliphatic carbocycles. The van der Waals surface area contributed by atoms with Crippen LogP contribution in [0.4, 0.5) is 0 Å². The third-order valence-electron chi connectivity index (χ3n) is 4.69. The van der Waals surface area contributed by atoms with Gasteiger partial charge in [0.25, 0.3) is 5.91 Å². The summed E-state index contributed by atoms with van der Waals surface area (Å²) >= 11 is 2.76. The van der Waals surface area contributed by atoms with Crippen molar-refractivity contribution in [2.45, 2.75) is 57.6 Å². The van der Waals surface area contributed by atoms with E-state index in [2.05, 4.69) is 16.9 Å². The van der Waals surface area contributed by atoms with E-state index in [1.807, 2.05) is 88.4 Å². The highest BCUT2D eigenvalue weighted by Gasteiger charge is 2.28. The molecule has 36 heavy (non-hydrogen) atoms. The number of nitrogens with one attached hydrogen (secondary N) is 1. The Morgan fingerprint density at radius 3 is 2.17 bits per heavy atom. The lowest BCUT2D eigenvalue weighted by atomic mass is 10.1. The minimum absolute atomic E-state index is 0.232. The largest absolute Gasteiger partial charge is 0.480 e. The van der Waals surface area contributed by atoms with Crippen molar-refractivity contribution in [2.75, 3.05) is 0 Å². The van der Waals surface area contributed by atoms with Crippen LogP contribution in [0.15, 0.2) is 83.4 Å². The lowest BCUT2D eigenvalue weighted by Crippen LogP contribution is -2.26. The van der Waals surface area contributed by atoms with Crippen LogP contribution in [0.25, 0.3) is 21.0 Å². The Hall–Kier alpha value is -3.16. The minimum Gasteiger partial charge on any atom is -0.480 e. The molecule has 0 aliphatic rings. The second-order valence-corrected chi connectivity index (χ2v) is 11.7. The number of amides is 1. The number of benzene rings is 2. The van der Waals surface area contributed by atoms with Gasteiger partial charge in [0, 0.05) is 16.2 Å². The number of carbonyl (C=O) groups excluding carboxylic acids is 1. The summed E-state index contributed by atoms with van der Waals surface area (Å²) in [5.41, 5.74) is 4.18. The van der Waals surface area contributed by atoms with Crippen LogP contribution in [0.1, 0.15) is 58.5 Å². The Morgan fingerprint density at radius 1 is 1.06 bits per heavy atom. The lowest BCUT2D eigenvalue weighted by molar-refractivity contribution is -0.138. The number of aromatic nitrogens is 1. The third kappa shape index (κ3) is 8.50. The van der Waals surface area contributed by atoms with Gasteiger partial charge in [0.1, 0.15) is 15.4 Å². The van der Waals surface area contributed by atoms with Crippen LogP contribution >= 0.6 is 23.1 Å². The third-order valence-corrected chi connectivity index (χ3v) is 7.03. The Morgan fingerprint density at radius 2 is 1.64 bits per heavy atom. The Balaban J connectivity index is 0.00000106. The molecule has 0 fully saturated rings. The molecular formula is C29H34N2O3S2. The number of thioether (sulfide) groups is 1. The quantitative estimate of drug-likeness (QED) is 0.231. The molecule has 7 heteroatoms. The average Bonchev–Trinajstić information content (AvgIpc) is 3.25. The van der Waals surface area contributed by atoms with Gasteiger partial charge in [-0.05, 0) is 58.7 Å². The number of rotatable bonds is 8. The fraction of sp³-hybridized carbons (Fsp3) is 0.276. The molecule has 3 aromatic rings. The minimum atomic E-state index is -0.918. The first-order valence-corrected chi connectivity index (χ1v) is 13.3. The van der Waals surface area contributed by atoms with Gasteiger partial charge in [-0.25, -0.2) is 4.98 Å². The second kappa shape index (κ2) is 13.2. The highest BCUT2D eigenvalue weighted by Crippen LogP contribution is 2.38. The Bertz CT molecular complexity index is 1220. The maximum absolute atomic E-state index is 13.0. The Kier molecular flexibility index (Phi) is 10.7. The van der Waals surface area contributed by atoms with E-state index in [9.17, 15) is 14.7 Å². The first-order valence-electron chi connectivity index (χ1n) is 11.6. The fourth-order valence-corrected chi connectivity index (χ4v) is 5.00. The van der Waals surface area contributed by atoms with Crippen molar-refractivity contribution in [1.82, 2.24) is 10.3 Å². The van der Waals surface area contributed by atoms with E-state index in [0.29, 0.717) is 5.69 Å². The van der Waals surface area contributed by atoms with Crippen molar-refractivity contribution in [3.8, 4) is 21.0 Å². The summed E-state index contributed by atoms with van der Waals surface area (Å²) in [6.07, 6.45) is 2.80. The molecule has 1 amide bonds. The molecule has 1 aromatic heterocycles. The molecular weight excluding hydrogens is 488 g/mol. The van der Waals surface area contributed by atoms with Crippen molar-refractivity contribution in [3.05, 3.63) is 84.2 Å². The van der Waals surface area contributed by atoms with Crippen molar-refractivity contribution in [2.24, 2.45) is 0 Å². The summed E-state index contributed by atoms with van der Waals surface area (Å²) in [7, 11) is 0. The predicted molar refractivity (Wildman–Crippen MR) is 153 cm³/mol. The molecule has 0 radical (unpaired) electrons. The van der Waals surface area contributed by atoms with E-state index in [0.717, 1.165) is 38.0 Å². The maximum atomic E-state index is 13.0. The van der Waals surface area contributed by atoms with Gasteiger partial charge in [-0.15, -0.1) is 29.7 Å². The monoisotopic (exact) mass is 522 g/mol. The number of carboxylic acids is 1. The van der Waals surface area contributed by atoms with Gasteiger partial charge < -0.3 is 10.4 Å². The number of nitrogens with zero attached hydrogens (tertiary/aromatic N) is 1. The molecule has 2 N–H and O–H groups in total. The number of carboxylic acid groups (broad SMARTS) is 1. The number of aliphatic carboxylic acids is 1. The molecule has 1 heterocycles. The van der Waals surface area contributed by atoms with E-state index in [1.54, 1.807) is 13.8 Å². The number of hydrogen-bond acceptors (Lipinski definition) is 5. The summed E-state index contributed by atoms with van der Waals surface area (Å²) in [5.74, 6) is -1.09. The molecule has 3 rings (SSSR count). The zero-order chi connectivity index (χ0) is 26.9. The summed E-state index contributed by atoms with van der Waals surface area (Å²) in [6, 6.07) is 17.4. The highest BCUT2D eigenvalue weighted by atomic mass is 32.2. The highest BCUT2D eigenvalue weighted by molar-refractivity contribution is 8.01. The van der Waals surface area contributed by atoms with Gasteiger partial charge in [0.2, 0.25) is 0 Å². The van der Waals surface area contributed by atoms with Crippen molar-refractivity contribution < 1.29 is 14.7 Å². The zero-order valence-electron chi connectivity index (χ0n) is 21.7. The van der Waals surface area contributed by atoms with E-state index >= 15 is 0 Å². The number of carbonyl (C=O) groups is 2. The van der Waals surface area contributed by atoms with E-state index in [1.165, 1.54) is 28.7 Å². The number of hydrogen-bond donors (Lipinski definition) is 2. The van der Waals surface area contributed by atoms with E-state index < -0.39 is 10.7 Å². The molecule has 0 bridgehead atoms. The predicted octanol–water partition coefficient (Wildman–Crippen LogP) is 8.06. The van der Waals surface area contributed by atoms with Gasteiger partial charge in [-0.1, -0.05) is 61.0 Å². The standard InChI is InChI=1S/C25H26N2O3S2.C4H8/c1-5-9-16(2)26-22(28)20-21(17-10-7-6-8-11-17)31-23(27-20)18-12-14-19(15-13-18)32-25(3,4)24(29)30;1-4(2)3/h6-15H,5H2,1-4H3,(H,26,28)(H,29,30);1H2,2-3H3/b16-9+;. The Labute approximate surface area is 222 Å².